The highest BCUT2D eigenvalue weighted by Crippen LogP contribution is 2.42. The van der Waals surface area contributed by atoms with Crippen LogP contribution in [0, 0.1) is 11.7 Å². The van der Waals surface area contributed by atoms with E-state index in [1.54, 1.807) is 6.07 Å². The molecule has 2 rings (SSSR count). The zero-order valence-corrected chi connectivity index (χ0v) is 11.3. The summed E-state index contributed by atoms with van der Waals surface area (Å²) in [4.78, 5) is 0. The van der Waals surface area contributed by atoms with Gasteiger partial charge in [-0.2, -0.15) is 0 Å². The molecule has 0 amide bonds. The van der Waals surface area contributed by atoms with Gasteiger partial charge in [-0.1, -0.05) is 15.9 Å². The maximum Gasteiger partial charge on any atom is 0.248 e. The first-order valence-electron chi connectivity index (χ1n) is 5.87. The van der Waals surface area contributed by atoms with Gasteiger partial charge >= 0.3 is 0 Å². The molecular weight excluding hydrogens is 309 g/mol. The van der Waals surface area contributed by atoms with Crippen LogP contribution in [0.15, 0.2) is 22.7 Å². The van der Waals surface area contributed by atoms with E-state index in [1.807, 2.05) is 0 Å². The minimum Gasteiger partial charge on any atom is -0.388 e. The summed E-state index contributed by atoms with van der Waals surface area (Å²) in [6.07, 6.45) is -0.514. The van der Waals surface area contributed by atoms with Crippen molar-refractivity contribution >= 4 is 15.9 Å². The van der Waals surface area contributed by atoms with Gasteiger partial charge in [-0.05, 0) is 42.5 Å². The Kier molecular flexibility index (Phi) is 4.02. The van der Waals surface area contributed by atoms with E-state index in [-0.39, 0.29) is 25.2 Å². The van der Waals surface area contributed by atoms with Gasteiger partial charge in [0.25, 0.3) is 0 Å². The molecule has 1 aliphatic rings. The molecule has 1 fully saturated rings. The van der Waals surface area contributed by atoms with Crippen molar-refractivity contribution in [1.82, 2.24) is 0 Å². The fourth-order valence-corrected chi connectivity index (χ4v) is 2.95. The molecule has 1 nitrogen and oxygen atoms in total. The zero-order chi connectivity index (χ0) is 13.3. The lowest BCUT2D eigenvalue weighted by molar-refractivity contribution is 0.00253. The molecule has 0 aliphatic heterocycles. The second-order valence-electron chi connectivity index (χ2n) is 4.92. The van der Waals surface area contributed by atoms with E-state index in [2.05, 4.69) is 15.9 Å². The summed E-state index contributed by atoms with van der Waals surface area (Å²) in [6.45, 7) is 0. The molecule has 18 heavy (non-hydrogen) atoms. The maximum absolute atomic E-state index is 13.2. The van der Waals surface area contributed by atoms with Gasteiger partial charge < -0.3 is 5.11 Å². The number of benzene rings is 1. The Balaban J connectivity index is 2.01. The Hall–Kier alpha value is -0.550. The van der Waals surface area contributed by atoms with E-state index in [4.69, 9.17) is 0 Å². The van der Waals surface area contributed by atoms with Gasteiger partial charge in [0.2, 0.25) is 5.92 Å². The quantitative estimate of drug-likeness (QED) is 0.871. The standard InChI is InChI=1S/C13H14BrF3O/c14-10-4-9(5-11(15)6-10)12(18)3-8-1-2-13(16,17)7-8/h4-6,8,12,18H,1-3,7H2. The molecule has 100 valence electrons. The van der Waals surface area contributed by atoms with E-state index in [0.29, 0.717) is 16.5 Å². The van der Waals surface area contributed by atoms with Gasteiger partial charge in [0.05, 0.1) is 6.10 Å². The van der Waals surface area contributed by atoms with E-state index < -0.39 is 17.8 Å². The molecule has 0 spiro atoms. The number of halogens is 4. The minimum atomic E-state index is -2.60. The third-order valence-electron chi connectivity index (χ3n) is 3.33. The highest BCUT2D eigenvalue weighted by Gasteiger charge is 2.39. The molecule has 1 aromatic carbocycles. The lowest BCUT2D eigenvalue weighted by Gasteiger charge is -2.16. The van der Waals surface area contributed by atoms with Crippen molar-refractivity contribution in [2.45, 2.75) is 37.7 Å². The fraction of sp³-hybridized carbons (Fsp3) is 0.538. The summed E-state index contributed by atoms with van der Waals surface area (Å²) >= 11 is 3.14. The molecule has 0 radical (unpaired) electrons. The van der Waals surface area contributed by atoms with E-state index in [1.165, 1.54) is 12.1 Å². The minimum absolute atomic E-state index is 0.114. The van der Waals surface area contributed by atoms with Gasteiger partial charge in [0, 0.05) is 17.3 Å². The molecule has 0 saturated heterocycles. The van der Waals surface area contributed by atoms with Gasteiger partial charge in [-0.3, -0.25) is 0 Å². The topological polar surface area (TPSA) is 20.2 Å². The van der Waals surface area contributed by atoms with Gasteiger partial charge in [0.1, 0.15) is 5.82 Å². The summed E-state index contributed by atoms with van der Waals surface area (Å²) in [7, 11) is 0. The van der Waals surface area contributed by atoms with Crippen LogP contribution in [0.5, 0.6) is 0 Å². The molecule has 2 unspecified atom stereocenters. The van der Waals surface area contributed by atoms with Crippen LogP contribution in [0.3, 0.4) is 0 Å². The van der Waals surface area contributed by atoms with Crippen molar-refractivity contribution in [1.29, 1.82) is 0 Å². The summed E-state index contributed by atoms with van der Waals surface area (Å²) in [6, 6.07) is 4.14. The van der Waals surface area contributed by atoms with Crippen LogP contribution < -0.4 is 0 Å². The maximum atomic E-state index is 13.2. The van der Waals surface area contributed by atoms with Crippen molar-refractivity contribution < 1.29 is 18.3 Å². The molecule has 1 N–H and O–H groups in total. The molecule has 1 saturated carbocycles. The first kappa shape index (κ1) is 13.9. The molecule has 0 aromatic heterocycles. The Morgan fingerprint density at radius 2 is 2.11 bits per heavy atom. The number of alkyl halides is 2. The first-order valence-corrected chi connectivity index (χ1v) is 6.67. The predicted octanol–water partition coefficient (Wildman–Crippen LogP) is 4.45. The average molecular weight is 323 g/mol. The van der Waals surface area contributed by atoms with Crippen molar-refractivity contribution in [2.24, 2.45) is 5.92 Å². The molecule has 5 heteroatoms. The third kappa shape index (κ3) is 3.48. The van der Waals surface area contributed by atoms with Crippen LogP contribution in [-0.4, -0.2) is 11.0 Å². The number of aliphatic hydroxyl groups is 1. The Morgan fingerprint density at radius 3 is 2.67 bits per heavy atom. The Morgan fingerprint density at radius 1 is 1.39 bits per heavy atom. The van der Waals surface area contributed by atoms with Gasteiger partial charge in [0.15, 0.2) is 0 Å². The first-order chi connectivity index (χ1) is 8.35. The summed E-state index contributed by atoms with van der Waals surface area (Å²) in [5.74, 6) is -3.25. The zero-order valence-electron chi connectivity index (χ0n) is 9.67. The van der Waals surface area contributed by atoms with Crippen LogP contribution in [0.2, 0.25) is 0 Å². The predicted molar refractivity (Wildman–Crippen MR) is 66.0 cm³/mol. The van der Waals surface area contributed by atoms with Crippen LogP contribution in [0.4, 0.5) is 13.2 Å². The number of hydrogen-bond acceptors (Lipinski definition) is 1. The number of rotatable bonds is 3. The summed E-state index contributed by atoms with van der Waals surface area (Å²) in [5, 5.41) is 9.97. The lowest BCUT2D eigenvalue weighted by atomic mass is 9.95. The fourth-order valence-electron chi connectivity index (χ4n) is 2.46. The van der Waals surface area contributed by atoms with Crippen LogP contribution >= 0.6 is 15.9 Å². The monoisotopic (exact) mass is 322 g/mol. The summed E-state index contributed by atoms with van der Waals surface area (Å²) in [5.41, 5.74) is 0.428. The SMILES string of the molecule is OC(CC1CCC(F)(F)C1)c1cc(F)cc(Br)c1. The van der Waals surface area contributed by atoms with Crippen molar-refractivity contribution in [2.75, 3.05) is 0 Å². The Labute approximate surface area is 112 Å². The molecule has 0 bridgehead atoms. The van der Waals surface area contributed by atoms with Crippen molar-refractivity contribution in [3.8, 4) is 0 Å². The van der Waals surface area contributed by atoms with E-state index in [9.17, 15) is 18.3 Å². The van der Waals surface area contributed by atoms with Crippen LogP contribution in [0.1, 0.15) is 37.4 Å². The second kappa shape index (κ2) is 5.21. The van der Waals surface area contributed by atoms with Crippen molar-refractivity contribution in [3.05, 3.63) is 34.1 Å². The summed E-state index contributed by atoms with van der Waals surface area (Å²) < 4.78 is 39.8. The van der Waals surface area contributed by atoms with E-state index in [0.717, 1.165) is 0 Å². The number of hydrogen-bond donors (Lipinski definition) is 1. The highest BCUT2D eigenvalue weighted by molar-refractivity contribution is 9.10. The average Bonchev–Trinajstić information content (AvgIpc) is 2.56. The molecule has 1 aliphatic carbocycles. The normalized spacial score (nSPS) is 24.2. The lowest BCUT2D eigenvalue weighted by Crippen LogP contribution is -2.11. The molecule has 2 atom stereocenters. The highest BCUT2D eigenvalue weighted by atomic mass is 79.9. The Bertz CT molecular complexity index is 416. The third-order valence-corrected chi connectivity index (χ3v) is 3.79. The van der Waals surface area contributed by atoms with Gasteiger partial charge in [-0.25, -0.2) is 13.2 Å². The largest absolute Gasteiger partial charge is 0.388 e. The van der Waals surface area contributed by atoms with Gasteiger partial charge in [-0.15, -0.1) is 0 Å². The molecule has 0 heterocycles. The molecule has 1 aromatic rings. The van der Waals surface area contributed by atoms with Crippen LogP contribution in [-0.2, 0) is 0 Å². The smallest absolute Gasteiger partial charge is 0.248 e. The van der Waals surface area contributed by atoms with Crippen molar-refractivity contribution in [3.63, 3.8) is 0 Å². The second-order valence-corrected chi connectivity index (χ2v) is 5.83. The van der Waals surface area contributed by atoms with E-state index >= 15 is 0 Å². The number of aliphatic hydroxyl groups excluding tert-OH is 1. The van der Waals surface area contributed by atoms with Crippen LogP contribution in [0.25, 0.3) is 0 Å². The molecular formula is C13H14BrF3O.